The highest BCUT2D eigenvalue weighted by Gasteiger charge is 2.15. The van der Waals surface area contributed by atoms with E-state index in [2.05, 4.69) is 10.3 Å². The van der Waals surface area contributed by atoms with Crippen molar-refractivity contribution < 1.29 is 9.90 Å². The van der Waals surface area contributed by atoms with Crippen molar-refractivity contribution in [2.45, 2.75) is 19.9 Å². The Morgan fingerprint density at radius 2 is 2.06 bits per heavy atom. The van der Waals surface area contributed by atoms with Crippen LogP contribution in [0.1, 0.15) is 33.9 Å². The van der Waals surface area contributed by atoms with Gasteiger partial charge in [0.1, 0.15) is 4.88 Å². The summed E-state index contributed by atoms with van der Waals surface area (Å²) in [6, 6.07) is 10.1. The second kappa shape index (κ2) is 5.18. The summed E-state index contributed by atoms with van der Waals surface area (Å²) in [5, 5.41) is 12.8. The number of carboxylic acids is 1. The smallest absolute Gasteiger partial charge is 0.347 e. The van der Waals surface area contributed by atoms with E-state index in [-0.39, 0.29) is 10.9 Å². The first kappa shape index (κ1) is 12.6. The fourth-order valence-corrected chi connectivity index (χ4v) is 2.56. The Hall–Kier alpha value is -1.88. The first-order valence-corrected chi connectivity index (χ1v) is 6.42. The van der Waals surface area contributed by atoms with Gasteiger partial charge in [-0.15, -0.1) is 0 Å². The second-order valence-electron chi connectivity index (χ2n) is 4.02. The largest absolute Gasteiger partial charge is 0.477 e. The van der Waals surface area contributed by atoms with E-state index >= 15 is 0 Å². The first-order valence-electron chi connectivity index (χ1n) is 5.60. The minimum Gasteiger partial charge on any atom is -0.477 e. The lowest BCUT2D eigenvalue weighted by Crippen LogP contribution is -2.05. The molecule has 1 atom stereocenters. The summed E-state index contributed by atoms with van der Waals surface area (Å²) in [5.74, 6) is -0.926. The fraction of sp³-hybridized carbons (Fsp3) is 0.231. The van der Waals surface area contributed by atoms with E-state index in [9.17, 15) is 4.79 Å². The Labute approximate surface area is 109 Å². The standard InChI is InChI=1S/C13H14N2O2S/c1-8(10-6-4-3-5-7-10)14-13-15-9(2)11(18-13)12(16)17/h3-8H,1-2H3,(H,14,15)(H,16,17)/t8-/m1/s1. The van der Waals surface area contributed by atoms with E-state index in [1.807, 2.05) is 37.3 Å². The molecule has 0 unspecified atom stereocenters. The van der Waals surface area contributed by atoms with Gasteiger partial charge in [-0.3, -0.25) is 0 Å². The van der Waals surface area contributed by atoms with Gasteiger partial charge in [0, 0.05) is 0 Å². The number of thiazole rings is 1. The van der Waals surface area contributed by atoms with Crippen LogP contribution in [-0.2, 0) is 0 Å². The molecule has 2 aromatic rings. The third-order valence-electron chi connectivity index (χ3n) is 2.63. The number of nitrogens with one attached hydrogen (secondary N) is 1. The molecule has 0 fully saturated rings. The van der Waals surface area contributed by atoms with Crippen LogP contribution in [0.3, 0.4) is 0 Å². The van der Waals surface area contributed by atoms with Crippen LogP contribution in [0.5, 0.6) is 0 Å². The van der Waals surface area contributed by atoms with Gasteiger partial charge in [-0.25, -0.2) is 9.78 Å². The van der Waals surface area contributed by atoms with Gasteiger partial charge in [0.2, 0.25) is 0 Å². The van der Waals surface area contributed by atoms with E-state index in [0.29, 0.717) is 10.8 Å². The predicted octanol–water partition coefficient (Wildman–Crippen LogP) is 3.32. The molecule has 0 bridgehead atoms. The van der Waals surface area contributed by atoms with Crippen molar-refractivity contribution in [2.75, 3.05) is 5.32 Å². The molecule has 0 saturated carbocycles. The van der Waals surface area contributed by atoms with E-state index in [1.165, 1.54) is 11.3 Å². The third-order valence-corrected chi connectivity index (χ3v) is 3.71. The summed E-state index contributed by atoms with van der Waals surface area (Å²) >= 11 is 1.17. The summed E-state index contributed by atoms with van der Waals surface area (Å²) in [5.41, 5.74) is 1.69. The van der Waals surface area contributed by atoms with Crippen LogP contribution in [-0.4, -0.2) is 16.1 Å². The van der Waals surface area contributed by atoms with Gasteiger partial charge in [0.05, 0.1) is 11.7 Å². The number of rotatable bonds is 4. The van der Waals surface area contributed by atoms with Gasteiger partial charge in [-0.2, -0.15) is 0 Å². The monoisotopic (exact) mass is 262 g/mol. The van der Waals surface area contributed by atoms with Crippen LogP contribution in [0.15, 0.2) is 30.3 Å². The van der Waals surface area contributed by atoms with Crippen LogP contribution < -0.4 is 5.32 Å². The predicted molar refractivity (Wildman–Crippen MR) is 72.3 cm³/mol. The number of carboxylic acid groups (broad SMARTS) is 1. The Balaban J connectivity index is 2.15. The number of hydrogen-bond donors (Lipinski definition) is 2. The molecular formula is C13H14N2O2S. The van der Waals surface area contributed by atoms with E-state index in [1.54, 1.807) is 6.92 Å². The lowest BCUT2D eigenvalue weighted by Gasteiger charge is -2.12. The number of benzene rings is 1. The van der Waals surface area contributed by atoms with Crippen LogP contribution >= 0.6 is 11.3 Å². The molecular weight excluding hydrogens is 248 g/mol. The molecule has 0 aliphatic carbocycles. The Morgan fingerprint density at radius 1 is 1.39 bits per heavy atom. The number of aryl methyl sites for hydroxylation is 1. The zero-order valence-electron chi connectivity index (χ0n) is 10.2. The van der Waals surface area contributed by atoms with Crippen molar-refractivity contribution in [1.82, 2.24) is 4.98 Å². The van der Waals surface area contributed by atoms with Crippen LogP contribution in [0, 0.1) is 6.92 Å². The number of hydrogen-bond acceptors (Lipinski definition) is 4. The minimum atomic E-state index is -0.926. The number of carbonyl (C=O) groups is 1. The highest BCUT2D eigenvalue weighted by atomic mass is 32.1. The van der Waals surface area contributed by atoms with Crippen LogP contribution in [0.2, 0.25) is 0 Å². The maximum Gasteiger partial charge on any atom is 0.347 e. The quantitative estimate of drug-likeness (QED) is 0.887. The third kappa shape index (κ3) is 2.68. The molecule has 2 N–H and O–H groups in total. The van der Waals surface area contributed by atoms with Gasteiger partial charge in [-0.05, 0) is 19.4 Å². The van der Waals surface area contributed by atoms with Gasteiger partial charge in [-0.1, -0.05) is 41.7 Å². The molecule has 0 aliphatic rings. The molecule has 1 aromatic heterocycles. The SMILES string of the molecule is Cc1nc(N[C@H](C)c2ccccc2)sc1C(=O)O. The molecule has 94 valence electrons. The molecule has 0 radical (unpaired) electrons. The highest BCUT2D eigenvalue weighted by Crippen LogP contribution is 2.26. The van der Waals surface area contributed by atoms with Crippen molar-refractivity contribution in [3.63, 3.8) is 0 Å². The molecule has 0 saturated heterocycles. The maximum atomic E-state index is 10.9. The average Bonchev–Trinajstić information content (AvgIpc) is 2.71. The summed E-state index contributed by atoms with van der Waals surface area (Å²) in [6.07, 6.45) is 0. The summed E-state index contributed by atoms with van der Waals surface area (Å²) in [6.45, 7) is 3.73. The first-order chi connectivity index (χ1) is 8.58. The number of anilines is 1. The zero-order valence-corrected chi connectivity index (χ0v) is 11.0. The fourth-order valence-electron chi connectivity index (χ4n) is 1.67. The summed E-state index contributed by atoms with van der Waals surface area (Å²) in [7, 11) is 0. The molecule has 0 aliphatic heterocycles. The Kier molecular flexibility index (Phi) is 3.62. The second-order valence-corrected chi connectivity index (χ2v) is 5.01. The zero-order chi connectivity index (χ0) is 13.1. The molecule has 18 heavy (non-hydrogen) atoms. The molecule has 0 amide bonds. The van der Waals surface area contributed by atoms with E-state index < -0.39 is 5.97 Å². The molecule has 0 spiro atoms. The Bertz CT molecular complexity index is 551. The lowest BCUT2D eigenvalue weighted by molar-refractivity contribution is 0.0701. The molecule has 2 rings (SSSR count). The topological polar surface area (TPSA) is 62.2 Å². The van der Waals surface area contributed by atoms with Crippen molar-refractivity contribution in [1.29, 1.82) is 0 Å². The van der Waals surface area contributed by atoms with Crippen molar-refractivity contribution in [3.8, 4) is 0 Å². The summed E-state index contributed by atoms with van der Waals surface area (Å²) < 4.78 is 0. The average molecular weight is 262 g/mol. The van der Waals surface area contributed by atoms with Crippen molar-refractivity contribution in [2.24, 2.45) is 0 Å². The van der Waals surface area contributed by atoms with Gasteiger partial charge in [0.25, 0.3) is 0 Å². The van der Waals surface area contributed by atoms with Crippen molar-refractivity contribution >= 4 is 22.4 Å². The maximum absolute atomic E-state index is 10.9. The lowest BCUT2D eigenvalue weighted by atomic mass is 10.1. The highest BCUT2D eigenvalue weighted by molar-refractivity contribution is 7.17. The normalized spacial score (nSPS) is 12.1. The molecule has 1 heterocycles. The van der Waals surface area contributed by atoms with Crippen molar-refractivity contribution in [3.05, 3.63) is 46.5 Å². The molecule has 1 aromatic carbocycles. The van der Waals surface area contributed by atoms with Gasteiger partial charge in [0.15, 0.2) is 5.13 Å². The number of aromatic carboxylic acids is 1. The van der Waals surface area contributed by atoms with Gasteiger partial charge >= 0.3 is 5.97 Å². The molecule has 5 heteroatoms. The molecule has 4 nitrogen and oxygen atoms in total. The minimum absolute atomic E-state index is 0.0957. The van der Waals surface area contributed by atoms with Crippen LogP contribution in [0.25, 0.3) is 0 Å². The van der Waals surface area contributed by atoms with E-state index in [4.69, 9.17) is 5.11 Å². The summed E-state index contributed by atoms with van der Waals surface area (Å²) in [4.78, 5) is 15.4. The number of aromatic nitrogens is 1. The van der Waals surface area contributed by atoms with E-state index in [0.717, 1.165) is 5.56 Å². The van der Waals surface area contributed by atoms with Crippen LogP contribution in [0.4, 0.5) is 5.13 Å². The Morgan fingerprint density at radius 3 is 2.61 bits per heavy atom. The van der Waals surface area contributed by atoms with Gasteiger partial charge < -0.3 is 10.4 Å². The number of nitrogens with zero attached hydrogens (tertiary/aromatic N) is 1.